The van der Waals surface area contributed by atoms with Gasteiger partial charge in [-0.3, -0.25) is 5.21 Å². The van der Waals surface area contributed by atoms with Crippen molar-refractivity contribution in [2.45, 2.75) is 0 Å². The van der Waals surface area contributed by atoms with Crippen molar-refractivity contribution in [1.82, 2.24) is 0 Å². The summed E-state index contributed by atoms with van der Waals surface area (Å²) in [7, 11) is 0. The third-order valence-corrected chi connectivity index (χ3v) is 2.08. The summed E-state index contributed by atoms with van der Waals surface area (Å²) in [5.74, 6) is 0.220. The topological polar surface area (TPSA) is 43.7 Å². The van der Waals surface area contributed by atoms with Crippen molar-refractivity contribution in [3.05, 3.63) is 5.38 Å². The zero-order valence-electron chi connectivity index (χ0n) is 3.83. The molecule has 0 aliphatic carbocycles. The van der Waals surface area contributed by atoms with Crippen molar-refractivity contribution in [1.29, 1.82) is 0 Å². The van der Waals surface area contributed by atoms with Crippen LogP contribution >= 0.6 is 11.3 Å². The summed E-state index contributed by atoms with van der Waals surface area (Å²) in [5.41, 5.74) is 0.519. The second-order valence-corrected chi connectivity index (χ2v) is 2.44. The van der Waals surface area contributed by atoms with Crippen molar-refractivity contribution in [3.8, 4) is 5.75 Å². The van der Waals surface area contributed by atoms with E-state index in [9.17, 15) is 0 Å². The zero-order chi connectivity index (χ0) is 5.72. The Labute approximate surface area is 49.4 Å². The van der Waals surface area contributed by atoms with Crippen LogP contribution in [0.4, 0.5) is 10.7 Å². The lowest BCUT2D eigenvalue weighted by Crippen LogP contribution is -2.13. The molecule has 3 rings (SSSR count). The largest absolute Gasteiger partial charge is 0.503 e. The molecule has 0 radical (unpaired) electrons. The van der Waals surface area contributed by atoms with Crippen LogP contribution in [0.25, 0.3) is 0 Å². The van der Waals surface area contributed by atoms with Crippen LogP contribution in [0, 0.1) is 0 Å². The Kier molecular flexibility index (Phi) is 0.513. The molecular weight excluding hydrogens is 126 g/mol. The third kappa shape index (κ3) is 0.233. The van der Waals surface area contributed by atoms with Gasteiger partial charge in [-0.15, -0.1) is 11.3 Å². The Hall–Kier alpha value is -0.740. The molecule has 2 bridgehead atoms. The highest BCUT2D eigenvalue weighted by Gasteiger charge is 2.30. The van der Waals surface area contributed by atoms with Gasteiger partial charge in [0, 0.05) is 5.38 Å². The Morgan fingerprint density at radius 1 is 1.62 bits per heavy atom. The highest BCUT2D eigenvalue weighted by molar-refractivity contribution is 7.16. The standard InChI is InChI=1S/C4H3NO2S/c6-3-2-1-8-4(3)5(2)7/h1,6-7H. The van der Waals surface area contributed by atoms with Crippen LogP contribution in [0.15, 0.2) is 5.38 Å². The van der Waals surface area contributed by atoms with E-state index in [0.29, 0.717) is 10.7 Å². The smallest absolute Gasteiger partial charge is 0.179 e. The molecule has 2 aliphatic heterocycles. The predicted molar refractivity (Wildman–Crippen MR) is 29.9 cm³/mol. The summed E-state index contributed by atoms with van der Waals surface area (Å²) in [4.78, 5) is 0. The number of nitrogens with zero attached hydrogens (tertiary/aromatic N) is 1. The summed E-state index contributed by atoms with van der Waals surface area (Å²) in [6, 6.07) is 0. The van der Waals surface area contributed by atoms with E-state index >= 15 is 0 Å². The first-order valence-electron chi connectivity index (χ1n) is 2.10. The summed E-state index contributed by atoms with van der Waals surface area (Å²) in [6.45, 7) is 0. The fourth-order valence-electron chi connectivity index (χ4n) is 0.690. The molecule has 0 saturated heterocycles. The van der Waals surface area contributed by atoms with E-state index in [4.69, 9.17) is 10.3 Å². The number of rotatable bonds is 0. The summed E-state index contributed by atoms with van der Waals surface area (Å²) in [5, 5.41) is 20.8. The molecule has 0 atom stereocenters. The van der Waals surface area contributed by atoms with Gasteiger partial charge in [-0.05, 0) is 0 Å². The molecule has 1 aromatic rings. The van der Waals surface area contributed by atoms with E-state index in [0.717, 1.165) is 5.06 Å². The van der Waals surface area contributed by atoms with Gasteiger partial charge in [-0.1, -0.05) is 0 Å². The molecule has 0 unspecified atom stereocenters. The highest BCUT2D eigenvalue weighted by Crippen LogP contribution is 2.54. The van der Waals surface area contributed by atoms with Crippen molar-refractivity contribution in [2.75, 3.05) is 5.06 Å². The van der Waals surface area contributed by atoms with Gasteiger partial charge in [0.25, 0.3) is 0 Å². The van der Waals surface area contributed by atoms with Crippen molar-refractivity contribution >= 4 is 22.0 Å². The molecule has 3 nitrogen and oxygen atoms in total. The van der Waals surface area contributed by atoms with Crippen LogP contribution in [-0.4, -0.2) is 10.3 Å². The molecule has 0 spiro atoms. The molecular formula is C4H3NO2S. The first-order valence-corrected chi connectivity index (χ1v) is 2.98. The fourth-order valence-corrected chi connectivity index (χ4v) is 1.54. The van der Waals surface area contributed by atoms with E-state index in [2.05, 4.69) is 0 Å². The maximum absolute atomic E-state index is 8.81. The Morgan fingerprint density at radius 2 is 2.38 bits per heavy atom. The van der Waals surface area contributed by atoms with Crippen LogP contribution in [-0.2, 0) is 0 Å². The lowest BCUT2D eigenvalue weighted by atomic mass is 10.3. The second-order valence-electron chi connectivity index (χ2n) is 1.59. The number of fused-ring (bicyclic) bond motifs is 1. The number of anilines is 2. The molecule has 4 heteroatoms. The first-order chi connectivity index (χ1) is 3.80. The van der Waals surface area contributed by atoms with E-state index in [1.54, 1.807) is 5.38 Å². The van der Waals surface area contributed by atoms with Gasteiger partial charge in [0.2, 0.25) is 0 Å². The Balaban J connectivity index is 2.67. The van der Waals surface area contributed by atoms with Gasteiger partial charge in [0.05, 0.1) is 0 Å². The number of hydrogen-bond acceptors (Lipinski definition) is 4. The number of hydrogen-bond donors (Lipinski definition) is 2. The van der Waals surface area contributed by atoms with Gasteiger partial charge in [0.15, 0.2) is 10.8 Å². The highest BCUT2D eigenvalue weighted by atomic mass is 32.1. The maximum Gasteiger partial charge on any atom is 0.179 e. The fraction of sp³-hybridized carbons (Fsp3) is 0. The quantitative estimate of drug-likeness (QED) is 0.554. The second kappa shape index (κ2) is 0.985. The van der Waals surface area contributed by atoms with E-state index < -0.39 is 0 Å². The van der Waals surface area contributed by atoms with Gasteiger partial charge < -0.3 is 5.11 Å². The van der Waals surface area contributed by atoms with Crippen molar-refractivity contribution < 1.29 is 10.3 Å². The molecule has 0 aromatic carbocycles. The van der Waals surface area contributed by atoms with Crippen LogP contribution < -0.4 is 5.06 Å². The first kappa shape index (κ1) is 4.17. The summed E-state index contributed by atoms with van der Waals surface area (Å²) < 4.78 is 0. The molecule has 2 N–H and O–H groups in total. The SMILES string of the molecule is Oc1c2csc1N2O. The number of aromatic hydroxyl groups is 1. The predicted octanol–water partition coefficient (Wildman–Crippen LogP) is 1.29. The normalized spacial score (nSPS) is 13.9. The Morgan fingerprint density at radius 3 is 2.50 bits per heavy atom. The minimum atomic E-state index is 0.220. The Bertz CT molecular complexity index is 210. The van der Waals surface area contributed by atoms with Crippen LogP contribution in [0.2, 0.25) is 0 Å². The molecule has 8 heavy (non-hydrogen) atoms. The van der Waals surface area contributed by atoms with E-state index in [1.165, 1.54) is 11.3 Å². The van der Waals surface area contributed by atoms with Crippen molar-refractivity contribution in [3.63, 3.8) is 0 Å². The third-order valence-electron chi connectivity index (χ3n) is 1.15. The molecule has 2 aliphatic rings. The van der Waals surface area contributed by atoms with E-state index in [1.807, 2.05) is 0 Å². The molecule has 1 aromatic heterocycles. The molecule has 3 heterocycles. The monoisotopic (exact) mass is 129 g/mol. The number of thiophene rings is 1. The lowest BCUT2D eigenvalue weighted by Gasteiger charge is -2.19. The van der Waals surface area contributed by atoms with Crippen LogP contribution in [0.1, 0.15) is 0 Å². The minimum absolute atomic E-state index is 0.220. The van der Waals surface area contributed by atoms with Gasteiger partial charge in [0.1, 0.15) is 5.69 Å². The molecule has 0 fully saturated rings. The van der Waals surface area contributed by atoms with Crippen molar-refractivity contribution in [2.24, 2.45) is 0 Å². The van der Waals surface area contributed by atoms with Crippen LogP contribution in [0.5, 0.6) is 5.75 Å². The van der Waals surface area contributed by atoms with Gasteiger partial charge in [-0.2, -0.15) is 0 Å². The maximum atomic E-state index is 8.81. The average Bonchev–Trinajstić information content (AvgIpc) is 2.26. The minimum Gasteiger partial charge on any atom is -0.503 e. The molecule has 0 amide bonds. The summed E-state index contributed by atoms with van der Waals surface area (Å²) in [6.07, 6.45) is 0. The molecule has 0 saturated carbocycles. The van der Waals surface area contributed by atoms with Gasteiger partial charge in [-0.25, -0.2) is 5.06 Å². The average molecular weight is 129 g/mol. The zero-order valence-corrected chi connectivity index (χ0v) is 4.64. The van der Waals surface area contributed by atoms with Gasteiger partial charge >= 0.3 is 0 Å². The molecule has 42 valence electrons. The van der Waals surface area contributed by atoms with Crippen LogP contribution in [0.3, 0.4) is 0 Å². The summed E-state index contributed by atoms with van der Waals surface area (Å²) >= 11 is 1.33. The lowest BCUT2D eigenvalue weighted by molar-refractivity contribution is 0.282. The van der Waals surface area contributed by atoms with E-state index in [-0.39, 0.29) is 5.75 Å².